The average molecular weight is 497 g/mol. The van der Waals surface area contributed by atoms with E-state index in [0.717, 1.165) is 48.9 Å². The molecule has 2 aromatic carbocycles. The zero-order valence-corrected chi connectivity index (χ0v) is 21.3. The first-order valence-electron chi connectivity index (χ1n) is 13.0. The van der Waals surface area contributed by atoms with Gasteiger partial charge in [0, 0.05) is 40.5 Å². The molecule has 7 nitrogen and oxygen atoms in total. The summed E-state index contributed by atoms with van der Waals surface area (Å²) >= 11 is 0. The zero-order chi connectivity index (χ0) is 25.9. The quantitative estimate of drug-likeness (QED) is 0.406. The molecule has 2 heterocycles. The smallest absolute Gasteiger partial charge is 0.255 e. The summed E-state index contributed by atoms with van der Waals surface area (Å²) in [5.74, 6) is -0.358. The third-order valence-corrected chi connectivity index (χ3v) is 8.03. The van der Waals surface area contributed by atoms with Crippen LogP contribution in [-0.4, -0.2) is 38.1 Å². The van der Waals surface area contributed by atoms with Crippen molar-refractivity contribution in [2.45, 2.75) is 64.6 Å². The Morgan fingerprint density at radius 2 is 1.95 bits per heavy atom. The largest absolute Gasteiger partial charge is 0.510 e. The third kappa shape index (κ3) is 4.12. The first-order valence-corrected chi connectivity index (χ1v) is 13.0. The predicted octanol–water partition coefficient (Wildman–Crippen LogP) is 5.25. The highest BCUT2D eigenvalue weighted by molar-refractivity contribution is 5.99. The molecule has 0 unspecified atom stereocenters. The van der Waals surface area contributed by atoms with E-state index in [1.807, 2.05) is 18.2 Å². The number of hydrogen-bond acceptors (Lipinski definition) is 4. The van der Waals surface area contributed by atoms with Crippen molar-refractivity contribution in [2.24, 2.45) is 5.41 Å². The maximum atomic E-state index is 13.4. The van der Waals surface area contributed by atoms with E-state index in [-0.39, 0.29) is 29.0 Å². The van der Waals surface area contributed by atoms with Gasteiger partial charge in [0.05, 0.1) is 5.69 Å². The highest BCUT2D eigenvalue weighted by Gasteiger charge is 2.37. The number of aliphatic hydroxyl groups excluding tert-OH is 1. The van der Waals surface area contributed by atoms with Crippen LogP contribution in [0.3, 0.4) is 0 Å². The number of aromatic amines is 1. The Bertz CT molecular complexity index is 1420. The summed E-state index contributed by atoms with van der Waals surface area (Å²) < 4.78 is 0. The van der Waals surface area contributed by atoms with Crippen LogP contribution >= 0.6 is 0 Å². The Morgan fingerprint density at radius 1 is 1.19 bits per heavy atom. The van der Waals surface area contributed by atoms with Crippen LogP contribution in [0.1, 0.15) is 82.3 Å². The van der Waals surface area contributed by atoms with Crippen molar-refractivity contribution in [1.82, 2.24) is 20.4 Å². The summed E-state index contributed by atoms with van der Waals surface area (Å²) in [5.41, 5.74) is 7.41. The molecule has 37 heavy (non-hydrogen) atoms. The lowest BCUT2D eigenvalue weighted by molar-refractivity contribution is 0.0691. The molecule has 1 aromatic heterocycles. The number of aliphatic hydroxyl groups is 1. The predicted molar refractivity (Wildman–Crippen MR) is 141 cm³/mol. The maximum absolute atomic E-state index is 13.4. The Hall–Kier alpha value is -3.87. The Kier molecular flexibility index (Phi) is 5.48. The van der Waals surface area contributed by atoms with E-state index >= 15 is 0 Å². The molecule has 0 spiro atoms. The minimum atomic E-state index is -0.706. The lowest BCUT2D eigenvalue weighted by Crippen LogP contribution is -2.39. The van der Waals surface area contributed by atoms with E-state index in [1.54, 1.807) is 29.2 Å². The first-order chi connectivity index (χ1) is 17.7. The van der Waals surface area contributed by atoms with Gasteiger partial charge in [-0.25, -0.2) is 0 Å². The summed E-state index contributed by atoms with van der Waals surface area (Å²) in [5, 5.41) is 21.4. The van der Waals surface area contributed by atoms with Gasteiger partial charge < -0.3 is 15.3 Å². The Labute approximate surface area is 216 Å². The van der Waals surface area contributed by atoms with E-state index in [1.165, 1.54) is 11.3 Å². The maximum Gasteiger partial charge on any atom is 0.255 e. The van der Waals surface area contributed by atoms with E-state index in [9.17, 15) is 14.7 Å². The van der Waals surface area contributed by atoms with Gasteiger partial charge in [0.1, 0.15) is 11.8 Å². The second-order valence-electron chi connectivity index (χ2n) is 11.5. The number of aromatic nitrogens is 2. The summed E-state index contributed by atoms with van der Waals surface area (Å²) in [7, 11) is 0. The number of benzene rings is 2. The molecule has 3 aromatic rings. The lowest BCUT2D eigenvalue weighted by atomic mass is 9.90. The van der Waals surface area contributed by atoms with Crippen LogP contribution in [0.2, 0.25) is 0 Å². The minimum Gasteiger partial charge on any atom is -0.510 e. The van der Waals surface area contributed by atoms with Crippen molar-refractivity contribution in [3.8, 4) is 11.3 Å². The number of nitrogens with one attached hydrogen (secondary N) is 2. The second-order valence-corrected chi connectivity index (χ2v) is 11.5. The molecule has 6 rings (SSSR count). The summed E-state index contributed by atoms with van der Waals surface area (Å²) in [4.78, 5) is 27.6. The van der Waals surface area contributed by atoms with Crippen LogP contribution in [0.4, 0.5) is 0 Å². The molecule has 1 aliphatic heterocycles. The summed E-state index contributed by atoms with van der Waals surface area (Å²) in [6.45, 7) is 8.65. The van der Waals surface area contributed by atoms with Gasteiger partial charge in [-0.05, 0) is 72.9 Å². The van der Waals surface area contributed by atoms with Crippen molar-refractivity contribution >= 4 is 11.8 Å². The fraction of sp³-hybridized carbons (Fsp3) is 0.367. The number of rotatable bonds is 6. The van der Waals surface area contributed by atoms with Crippen LogP contribution < -0.4 is 5.32 Å². The molecule has 1 atom stereocenters. The van der Waals surface area contributed by atoms with Gasteiger partial charge in [0.15, 0.2) is 0 Å². The fourth-order valence-corrected chi connectivity index (χ4v) is 5.89. The van der Waals surface area contributed by atoms with Crippen LogP contribution in [0.15, 0.2) is 54.8 Å². The third-order valence-electron chi connectivity index (χ3n) is 8.03. The molecule has 2 amide bonds. The van der Waals surface area contributed by atoms with Gasteiger partial charge in [-0.1, -0.05) is 38.6 Å². The molecule has 0 radical (unpaired) electrons. The van der Waals surface area contributed by atoms with Crippen molar-refractivity contribution in [2.75, 3.05) is 0 Å². The molecule has 3 N–H and O–H groups in total. The molecule has 190 valence electrons. The Balaban J connectivity index is 1.24. The summed E-state index contributed by atoms with van der Waals surface area (Å²) in [6.07, 6.45) is 5.15. The van der Waals surface area contributed by atoms with Crippen molar-refractivity contribution in [3.05, 3.63) is 88.3 Å². The second kappa shape index (κ2) is 8.61. The number of H-pyrrole nitrogens is 1. The zero-order valence-electron chi connectivity index (χ0n) is 21.3. The molecule has 0 bridgehead atoms. The monoisotopic (exact) mass is 496 g/mol. The van der Waals surface area contributed by atoms with Crippen LogP contribution in [0, 0.1) is 5.41 Å². The highest BCUT2D eigenvalue weighted by atomic mass is 16.3. The number of carbonyl (C=O) groups excluding carboxylic acids is 2. The molecule has 3 aliphatic rings. The van der Waals surface area contributed by atoms with E-state index in [4.69, 9.17) is 0 Å². The van der Waals surface area contributed by atoms with Gasteiger partial charge in [0.2, 0.25) is 0 Å². The topological polar surface area (TPSA) is 98.3 Å². The van der Waals surface area contributed by atoms with Crippen molar-refractivity contribution < 1.29 is 14.7 Å². The van der Waals surface area contributed by atoms with Crippen LogP contribution in [0.5, 0.6) is 0 Å². The fourth-order valence-electron chi connectivity index (χ4n) is 5.89. The van der Waals surface area contributed by atoms with Crippen LogP contribution in [-0.2, 0) is 19.4 Å². The molecule has 2 aliphatic carbocycles. The highest BCUT2D eigenvalue weighted by Crippen LogP contribution is 2.41. The minimum absolute atomic E-state index is 0.0963. The number of carbonyl (C=O) groups is 2. The number of hydrogen-bond donors (Lipinski definition) is 3. The number of fused-ring (bicyclic) bond motifs is 2. The number of amides is 2. The normalized spacial score (nSPS) is 18.8. The standard InChI is InChI=1S/C30H32N4O3/c1-17(35)27(18-7-9-19(10-8-18)28(36)31-22-5-4-6-22)34-16-21-13-20(11-12-23(21)29(34)37)26-24-14-30(2,3)15-25(24)32-33-26/h7-13,22,27,35H,1,4-6,14-16H2,2-3H3,(H,31,36)(H,32,33)/t27-/m1/s1. The van der Waals surface area contributed by atoms with Crippen molar-refractivity contribution in [1.29, 1.82) is 0 Å². The van der Waals surface area contributed by atoms with E-state index in [0.29, 0.717) is 23.2 Å². The number of nitrogens with zero attached hydrogens (tertiary/aromatic N) is 2. The molecular formula is C30H32N4O3. The summed E-state index contributed by atoms with van der Waals surface area (Å²) in [6, 6.07) is 12.5. The molecule has 1 saturated carbocycles. The molecule has 7 heteroatoms. The Morgan fingerprint density at radius 3 is 2.62 bits per heavy atom. The van der Waals surface area contributed by atoms with Gasteiger partial charge in [-0.15, -0.1) is 0 Å². The average Bonchev–Trinajstić information content (AvgIpc) is 3.46. The van der Waals surface area contributed by atoms with E-state index < -0.39 is 6.04 Å². The SMILES string of the molecule is C=C(O)[C@H](c1ccc(C(=O)NC2CCC2)cc1)N1Cc2cc(-c3n[nH]c4c3CC(C)(C)C4)ccc2C1=O. The lowest BCUT2D eigenvalue weighted by Gasteiger charge is -2.28. The molecule has 1 fully saturated rings. The molecular weight excluding hydrogens is 464 g/mol. The first kappa shape index (κ1) is 23.5. The van der Waals surface area contributed by atoms with Crippen LogP contribution in [0.25, 0.3) is 11.3 Å². The van der Waals surface area contributed by atoms with Gasteiger partial charge in [-0.2, -0.15) is 5.10 Å². The van der Waals surface area contributed by atoms with Gasteiger partial charge in [0.25, 0.3) is 11.8 Å². The van der Waals surface area contributed by atoms with E-state index in [2.05, 4.69) is 35.9 Å². The molecule has 0 saturated heterocycles. The van der Waals surface area contributed by atoms with Gasteiger partial charge >= 0.3 is 0 Å². The van der Waals surface area contributed by atoms with Crippen molar-refractivity contribution in [3.63, 3.8) is 0 Å². The van der Waals surface area contributed by atoms with Gasteiger partial charge in [-0.3, -0.25) is 14.7 Å².